The Labute approximate surface area is 112 Å². The maximum absolute atomic E-state index is 9.96. The van der Waals surface area contributed by atoms with Crippen LogP contribution in [-0.4, -0.2) is 22.4 Å². The van der Waals surface area contributed by atoms with E-state index in [1.54, 1.807) is 0 Å². The lowest BCUT2D eigenvalue weighted by Crippen LogP contribution is -2.18. The summed E-state index contributed by atoms with van der Waals surface area (Å²) in [5, 5.41) is 19.9. The van der Waals surface area contributed by atoms with Crippen LogP contribution < -0.4 is 0 Å². The molecule has 0 aliphatic rings. The normalized spacial score (nSPS) is 14.2. The van der Waals surface area contributed by atoms with Gasteiger partial charge in [0.15, 0.2) is 0 Å². The summed E-state index contributed by atoms with van der Waals surface area (Å²) in [6.45, 7) is 12.0. The van der Waals surface area contributed by atoms with Gasteiger partial charge in [-0.1, -0.05) is 65.5 Å². The lowest BCUT2D eigenvalue weighted by Gasteiger charge is -2.20. The molecule has 0 radical (unpaired) electrons. The zero-order valence-electron chi connectivity index (χ0n) is 12.1. The van der Waals surface area contributed by atoms with Crippen molar-refractivity contribution in [2.75, 3.05) is 0 Å². The van der Waals surface area contributed by atoms with E-state index in [0.29, 0.717) is 24.0 Å². The van der Waals surface area contributed by atoms with E-state index in [2.05, 4.69) is 27.0 Å². The first-order valence-corrected chi connectivity index (χ1v) is 7.28. The van der Waals surface area contributed by atoms with Gasteiger partial charge in [0.05, 0.1) is 12.2 Å². The Morgan fingerprint density at radius 1 is 0.778 bits per heavy atom. The van der Waals surface area contributed by atoms with Crippen molar-refractivity contribution >= 4 is 0 Å². The largest absolute Gasteiger partial charge is 0.388 e. The molecule has 2 atom stereocenters. The molecule has 18 heavy (non-hydrogen) atoms. The van der Waals surface area contributed by atoms with Gasteiger partial charge in [0.1, 0.15) is 0 Å². The highest BCUT2D eigenvalue weighted by Gasteiger charge is 2.17. The highest BCUT2D eigenvalue weighted by atomic mass is 16.3. The molecule has 0 aliphatic heterocycles. The minimum absolute atomic E-state index is 0.551. The maximum Gasteiger partial charge on any atom is 0.0787 e. The van der Waals surface area contributed by atoms with Crippen LogP contribution in [0.2, 0.25) is 0 Å². The fourth-order valence-corrected chi connectivity index (χ4v) is 1.95. The molecule has 0 fully saturated rings. The third-order valence-electron chi connectivity index (χ3n) is 3.38. The highest BCUT2D eigenvalue weighted by molar-refractivity contribution is 5.31. The Morgan fingerprint density at radius 3 is 1.39 bits per heavy atom. The van der Waals surface area contributed by atoms with Gasteiger partial charge in [0, 0.05) is 0 Å². The van der Waals surface area contributed by atoms with E-state index in [-0.39, 0.29) is 0 Å². The lowest BCUT2D eigenvalue weighted by molar-refractivity contribution is 0.173. The molecule has 0 aromatic rings. The molecule has 0 spiro atoms. The zero-order valence-corrected chi connectivity index (χ0v) is 12.1. The predicted molar refractivity (Wildman–Crippen MR) is 78.6 cm³/mol. The summed E-state index contributed by atoms with van der Waals surface area (Å²) in [7, 11) is 0. The summed E-state index contributed by atoms with van der Waals surface area (Å²) in [5.41, 5.74) is 1.21. The van der Waals surface area contributed by atoms with Gasteiger partial charge in [-0.3, -0.25) is 0 Å². The minimum Gasteiger partial charge on any atom is -0.388 e. The number of aliphatic hydroxyl groups excluding tert-OH is 2. The Bertz CT molecular complexity index is 219. The maximum atomic E-state index is 9.96. The van der Waals surface area contributed by atoms with Crippen LogP contribution in [0, 0.1) is 0 Å². The summed E-state index contributed by atoms with van der Waals surface area (Å²) in [5.74, 6) is 0. The van der Waals surface area contributed by atoms with Gasteiger partial charge in [-0.15, -0.1) is 0 Å². The summed E-state index contributed by atoms with van der Waals surface area (Å²) in [6, 6.07) is 0. The molecule has 0 saturated carbocycles. The molecule has 0 saturated heterocycles. The average Bonchev–Trinajstić information content (AvgIpc) is 2.37. The van der Waals surface area contributed by atoms with Crippen molar-refractivity contribution in [3.8, 4) is 0 Å². The molecule has 0 aromatic carbocycles. The van der Waals surface area contributed by atoms with Crippen LogP contribution in [0.1, 0.15) is 65.2 Å². The van der Waals surface area contributed by atoms with Crippen LogP contribution in [0.15, 0.2) is 24.3 Å². The summed E-state index contributed by atoms with van der Waals surface area (Å²) >= 11 is 0. The van der Waals surface area contributed by atoms with Gasteiger partial charge in [0.25, 0.3) is 0 Å². The highest BCUT2D eigenvalue weighted by Crippen LogP contribution is 2.21. The molecule has 0 rings (SSSR count). The molecule has 0 heterocycles. The van der Waals surface area contributed by atoms with Crippen LogP contribution >= 0.6 is 0 Å². The Hall–Kier alpha value is -0.600. The molecule has 106 valence electrons. The Kier molecular flexibility index (Phi) is 9.99. The monoisotopic (exact) mass is 254 g/mol. The van der Waals surface area contributed by atoms with Crippen molar-refractivity contribution in [3.63, 3.8) is 0 Å². The summed E-state index contributed by atoms with van der Waals surface area (Å²) in [4.78, 5) is 0. The van der Waals surface area contributed by atoms with E-state index >= 15 is 0 Å². The number of aliphatic hydroxyl groups is 2. The number of rotatable bonds is 11. The minimum atomic E-state index is -0.551. The third kappa shape index (κ3) is 6.97. The number of hydrogen-bond donors (Lipinski definition) is 2. The van der Waals surface area contributed by atoms with E-state index < -0.39 is 12.2 Å². The average molecular weight is 254 g/mol. The van der Waals surface area contributed by atoms with Crippen LogP contribution in [0.4, 0.5) is 0 Å². The third-order valence-corrected chi connectivity index (χ3v) is 3.38. The van der Waals surface area contributed by atoms with Gasteiger partial charge in [-0.05, 0) is 24.0 Å². The fourth-order valence-electron chi connectivity index (χ4n) is 1.95. The fraction of sp³-hybridized carbons (Fsp3) is 0.750. The summed E-state index contributed by atoms with van der Waals surface area (Å²) in [6.07, 6.45) is 6.84. The second-order valence-corrected chi connectivity index (χ2v) is 5.07. The van der Waals surface area contributed by atoms with Gasteiger partial charge < -0.3 is 10.2 Å². The van der Waals surface area contributed by atoms with Crippen molar-refractivity contribution < 1.29 is 10.2 Å². The van der Waals surface area contributed by atoms with E-state index in [4.69, 9.17) is 0 Å². The van der Waals surface area contributed by atoms with E-state index in [0.717, 1.165) is 38.5 Å². The second-order valence-electron chi connectivity index (χ2n) is 5.07. The molecule has 0 aromatic heterocycles. The molecule has 2 heteroatoms. The molecule has 0 amide bonds. The van der Waals surface area contributed by atoms with E-state index in [9.17, 15) is 10.2 Å². The SMILES string of the molecule is C=C(C(=C)C(O)CCCCC)C(O)CCCCC. The van der Waals surface area contributed by atoms with Crippen molar-refractivity contribution in [1.82, 2.24) is 0 Å². The molecular weight excluding hydrogens is 224 g/mol. The standard InChI is InChI=1S/C16H30O2/c1-5-7-9-11-15(17)13(3)14(4)16(18)12-10-8-6-2/h15-18H,3-12H2,1-2H3. The Balaban J connectivity index is 4.02. The smallest absolute Gasteiger partial charge is 0.0787 e. The van der Waals surface area contributed by atoms with Crippen LogP contribution in [0.3, 0.4) is 0 Å². The van der Waals surface area contributed by atoms with Crippen molar-refractivity contribution in [2.24, 2.45) is 0 Å². The first-order chi connectivity index (χ1) is 8.54. The quantitative estimate of drug-likeness (QED) is 0.432. The topological polar surface area (TPSA) is 40.5 Å². The van der Waals surface area contributed by atoms with Gasteiger partial charge in [-0.2, -0.15) is 0 Å². The van der Waals surface area contributed by atoms with Crippen molar-refractivity contribution in [3.05, 3.63) is 24.3 Å². The van der Waals surface area contributed by atoms with Gasteiger partial charge >= 0.3 is 0 Å². The van der Waals surface area contributed by atoms with E-state index in [1.807, 2.05) is 0 Å². The molecule has 2 unspecified atom stereocenters. The molecule has 2 nitrogen and oxygen atoms in total. The number of hydrogen-bond acceptors (Lipinski definition) is 2. The lowest BCUT2D eigenvalue weighted by atomic mass is 9.93. The van der Waals surface area contributed by atoms with Crippen LogP contribution in [0.25, 0.3) is 0 Å². The zero-order chi connectivity index (χ0) is 14.0. The second kappa shape index (κ2) is 10.3. The Morgan fingerprint density at radius 2 is 1.11 bits per heavy atom. The van der Waals surface area contributed by atoms with Crippen molar-refractivity contribution in [2.45, 2.75) is 77.4 Å². The molecule has 2 N–H and O–H groups in total. The molecular formula is C16H30O2. The summed E-state index contributed by atoms with van der Waals surface area (Å²) < 4.78 is 0. The first kappa shape index (κ1) is 17.4. The first-order valence-electron chi connectivity index (χ1n) is 7.28. The van der Waals surface area contributed by atoms with Gasteiger partial charge in [0.2, 0.25) is 0 Å². The van der Waals surface area contributed by atoms with E-state index in [1.165, 1.54) is 0 Å². The van der Waals surface area contributed by atoms with Crippen LogP contribution in [0.5, 0.6) is 0 Å². The molecule has 0 aliphatic carbocycles. The number of unbranched alkanes of at least 4 members (excludes halogenated alkanes) is 4. The van der Waals surface area contributed by atoms with Crippen molar-refractivity contribution in [1.29, 1.82) is 0 Å². The molecule has 0 bridgehead atoms. The van der Waals surface area contributed by atoms with Crippen LogP contribution in [-0.2, 0) is 0 Å². The van der Waals surface area contributed by atoms with Gasteiger partial charge in [-0.25, -0.2) is 0 Å². The predicted octanol–water partition coefficient (Wildman–Crippen LogP) is 3.98.